The second-order valence-electron chi connectivity index (χ2n) is 6.19. The van der Waals surface area contributed by atoms with Gasteiger partial charge in [-0.05, 0) is 18.6 Å². The van der Waals surface area contributed by atoms with Crippen LogP contribution < -0.4 is 0 Å². The third-order valence-corrected chi connectivity index (χ3v) is 4.53. The van der Waals surface area contributed by atoms with Crippen LogP contribution in [0.15, 0.2) is 30.9 Å². The summed E-state index contributed by atoms with van der Waals surface area (Å²) in [6.07, 6.45) is 5.03. The SMILES string of the molecule is CCCCOC[C@@H]1CO[C@@](Cn2cncn2)(c2ccc(Cl)cc2Cl)O1.O=[N+]([O-])O. The Kier molecular flexibility index (Phi) is 9.05. The van der Waals surface area contributed by atoms with E-state index in [1.807, 2.05) is 6.07 Å². The van der Waals surface area contributed by atoms with Crippen LogP contribution in [0.2, 0.25) is 10.0 Å². The molecule has 2 atom stereocenters. The van der Waals surface area contributed by atoms with Crippen molar-refractivity contribution < 1.29 is 24.5 Å². The zero-order valence-electron chi connectivity index (χ0n) is 15.7. The lowest BCUT2D eigenvalue weighted by Crippen LogP contribution is -2.35. The fourth-order valence-electron chi connectivity index (χ4n) is 2.74. The van der Waals surface area contributed by atoms with Crippen LogP contribution in [0.3, 0.4) is 0 Å². The Morgan fingerprint density at radius 2 is 2.24 bits per heavy atom. The van der Waals surface area contributed by atoms with Crippen LogP contribution in [0.5, 0.6) is 0 Å². The minimum absolute atomic E-state index is 0.174. The number of hydrogen-bond acceptors (Lipinski definition) is 7. The Morgan fingerprint density at radius 1 is 1.48 bits per heavy atom. The van der Waals surface area contributed by atoms with Gasteiger partial charge in [-0.1, -0.05) is 42.6 Å². The van der Waals surface area contributed by atoms with Crippen molar-refractivity contribution in [2.75, 3.05) is 19.8 Å². The van der Waals surface area contributed by atoms with E-state index in [2.05, 4.69) is 17.0 Å². The molecule has 10 nitrogen and oxygen atoms in total. The summed E-state index contributed by atoms with van der Waals surface area (Å²) in [5.74, 6) is -1.05. The Morgan fingerprint density at radius 3 is 2.86 bits per heavy atom. The zero-order valence-corrected chi connectivity index (χ0v) is 17.3. The smallest absolute Gasteiger partial charge is 0.291 e. The molecule has 1 aliphatic rings. The third kappa shape index (κ3) is 7.09. The van der Waals surface area contributed by atoms with Crippen molar-refractivity contribution in [3.63, 3.8) is 0 Å². The Bertz CT molecular complexity index is 775. The summed E-state index contributed by atoms with van der Waals surface area (Å²) < 4.78 is 19.7. The topological polar surface area (TPSA) is 122 Å². The minimum Gasteiger partial charge on any atom is -0.379 e. The van der Waals surface area contributed by atoms with Gasteiger partial charge in [-0.2, -0.15) is 5.10 Å². The molecule has 2 heterocycles. The maximum absolute atomic E-state index is 8.36. The van der Waals surface area contributed by atoms with E-state index in [4.69, 9.17) is 52.7 Å². The molecule has 1 N–H and O–H groups in total. The molecule has 1 fully saturated rings. The Balaban J connectivity index is 0.000000687. The first-order chi connectivity index (χ1) is 13.9. The van der Waals surface area contributed by atoms with Gasteiger partial charge in [-0.25, -0.2) is 9.67 Å². The van der Waals surface area contributed by atoms with Crippen LogP contribution >= 0.6 is 23.2 Å². The highest BCUT2D eigenvalue weighted by Crippen LogP contribution is 2.40. The number of ether oxygens (including phenoxy) is 3. The maximum Gasteiger partial charge on any atom is 0.291 e. The van der Waals surface area contributed by atoms with Crippen LogP contribution in [0.25, 0.3) is 0 Å². The van der Waals surface area contributed by atoms with E-state index in [9.17, 15) is 0 Å². The highest BCUT2D eigenvalue weighted by molar-refractivity contribution is 6.35. The van der Waals surface area contributed by atoms with Gasteiger partial charge in [-0.15, -0.1) is 10.1 Å². The van der Waals surface area contributed by atoms with Crippen molar-refractivity contribution in [2.24, 2.45) is 0 Å². The summed E-state index contributed by atoms with van der Waals surface area (Å²) in [5.41, 5.74) is 0.713. The number of unbranched alkanes of at least 4 members (excludes halogenated alkanes) is 1. The predicted octanol–water partition coefficient (Wildman–Crippen LogP) is 3.32. The molecule has 0 aliphatic carbocycles. The van der Waals surface area contributed by atoms with Gasteiger partial charge in [0.2, 0.25) is 5.79 Å². The van der Waals surface area contributed by atoms with Gasteiger partial charge >= 0.3 is 0 Å². The van der Waals surface area contributed by atoms with Gasteiger partial charge in [0, 0.05) is 17.2 Å². The first kappa shape index (κ1) is 23.3. The fraction of sp³-hybridized carbons (Fsp3) is 0.529. The normalized spacial score (nSPS) is 20.9. The van der Waals surface area contributed by atoms with E-state index in [0.29, 0.717) is 42.0 Å². The van der Waals surface area contributed by atoms with Crippen LogP contribution in [0.4, 0.5) is 0 Å². The van der Waals surface area contributed by atoms with Crippen molar-refractivity contribution in [1.29, 1.82) is 0 Å². The van der Waals surface area contributed by atoms with E-state index in [1.165, 1.54) is 6.33 Å². The molecule has 0 saturated carbocycles. The van der Waals surface area contributed by atoms with Crippen molar-refractivity contribution in [3.8, 4) is 0 Å². The maximum atomic E-state index is 8.36. The molecule has 0 unspecified atom stereocenters. The molecule has 1 saturated heterocycles. The average Bonchev–Trinajstić information content (AvgIpc) is 3.29. The number of nitrogens with zero attached hydrogens (tertiary/aromatic N) is 4. The van der Waals surface area contributed by atoms with Crippen LogP contribution in [-0.2, 0) is 26.5 Å². The Hall–Kier alpha value is -1.98. The summed E-state index contributed by atoms with van der Waals surface area (Å²) in [7, 11) is 0. The molecule has 160 valence electrons. The predicted molar refractivity (Wildman–Crippen MR) is 103 cm³/mol. The summed E-state index contributed by atoms with van der Waals surface area (Å²) in [5, 5.41) is 18.8. The monoisotopic (exact) mass is 448 g/mol. The summed E-state index contributed by atoms with van der Waals surface area (Å²) in [6.45, 7) is 4.07. The third-order valence-electron chi connectivity index (χ3n) is 3.98. The van der Waals surface area contributed by atoms with Crippen molar-refractivity contribution >= 4 is 23.2 Å². The number of benzene rings is 1. The number of halogens is 2. The molecule has 0 spiro atoms. The van der Waals surface area contributed by atoms with E-state index < -0.39 is 10.9 Å². The van der Waals surface area contributed by atoms with E-state index >= 15 is 0 Å². The molecule has 1 aromatic carbocycles. The molecule has 0 radical (unpaired) electrons. The van der Waals surface area contributed by atoms with Gasteiger partial charge in [-0.3, -0.25) is 0 Å². The highest BCUT2D eigenvalue weighted by atomic mass is 35.5. The zero-order chi connectivity index (χ0) is 21.3. The van der Waals surface area contributed by atoms with Gasteiger partial charge < -0.3 is 19.4 Å². The molecular formula is C17H22Cl2N4O6. The summed E-state index contributed by atoms with van der Waals surface area (Å²) in [6, 6.07) is 5.27. The van der Waals surface area contributed by atoms with Gasteiger partial charge in [0.25, 0.3) is 5.09 Å². The second kappa shape index (κ2) is 11.3. The van der Waals surface area contributed by atoms with Gasteiger partial charge in [0.05, 0.1) is 18.2 Å². The number of aromatic nitrogens is 3. The molecular weight excluding hydrogens is 427 g/mol. The lowest BCUT2D eigenvalue weighted by atomic mass is 10.1. The molecule has 0 bridgehead atoms. The number of rotatable bonds is 8. The molecule has 3 rings (SSSR count). The molecule has 1 aliphatic heterocycles. The van der Waals surface area contributed by atoms with Crippen molar-refractivity contribution in [2.45, 2.75) is 38.2 Å². The Labute approximate surface area is 177 Å². The van der Waals surface area contributed by atoms with E-state index in [1.54, 1.807) is 23.1 Å². The van der Waals surface area contributed by atoms with Crippen LogP contribution in [-0.4, -0.2) is 51.0 Å². The first-order valence-electron chi connectivity index (χ1n) is 8.87. The van der Waals surface area contributed by atoms with Crippen LogP contribution in [0, 0.1) is 10.1 Å². The lowest BCUT2D eigenvalue weighted by Gasteiger charge is -2.29. The minimum atomic E-state index is -1.50. The first-order valence-corrected chi connectivity index (χ1v) is 9.62. The second-order valence-corrected chi connectivity index (χ2v) is 7.03. The molecule has 1 aromatic heterocycles. The van der Waals surface area contributed by atoms with E-state index in [0.717, 1.165) is 12.8 Å². The van der Waals surface area contributed by atoms with E-state index in [-0.39, 0.29) is 6.10 Å². The van der Waals surface area contributed by atoms with Crippen molar-refractivity contribution in [3.05, 3.63) is 56.6 Å². The molecule has 0 amide bonds. The fourth-order valence-corrected chi connectivity index (χ4v) is 3.30. The van der Waals surface area contributed by atoms with Crippen LogP contribution in [0.1, 0.15) is 25.3 Å². The largest absolute Gasteiger partial charge is 0.379 e. The van der Waals surface area contributed by atoms with Crippen molar-refractivity contribution in [1.82, 2.24) is 14.8 Å². The number of hydrogen-bond donors (Lipinski definition) is 1. The highest BCUT2D eigenvalue weighted by Gasteiger charge is 2.45. The summed E-state index contributed by atoms with van der Waals surface area (Å²) >= 11 is 12.4. The molecule has 29 heavy (non-hydrogen) atoms. The van der Waals surface area contributed by atoms with Gasteiger partial charge in [0.1, 0.15) is 25.3 Å². The standard InChI is InChI=1S/C17H21Cl2N3O3.HNO3/c1-2-3-6-23-8-14-9-24-17(25-14,10-22-12-20-11-21-22)15-5-4-13(18)7-16(15)19;2-1(3)4/h4-5,7,11-12,14H,2-3,6,8-10H2,1H3;(H,2,3,4)/t14-,17-;/m1./s1. The molecule has 12 heteroatoms. The lowest BCUT2D eigenvalue weighted by molar-refractivity contribution is -0.742. The quantitative estimate of drug-likeness (QED) is 0.370. The molecule has 2 aromatic rings. The summed E-state index contributed by atoms with van der Waals surface area (Å²) in [4.78, 5) is 12.3. The average molecular weight is 449 g/mol. The van der Waals surface area contributed by atoms with Gasteiger partial charge in [0.15, 0.2) is 0 Å².